The van der Waals surface area contributed by atoms with E-state index in [1.807, 2.05) is 36.4 Å². The molecule has 2 aliphatic rings. The largest absolute Gasteiger partial charge is 0.504 e. The maximum atomic E-state index is 5.93. The van der Waals surface area contributed by atoms with Crippen LogP contribution < -0.4 is 14.2 Å². The highest BCUT2D eigenvalue weighted by Gasteiger charge is 2.30. The molecule has 0 aromatic heterocycles. The molecule has 6 nitrogen and oxygen atoms in total. The Morgan fingerprint density at radius 2 is 1.16 bits per heavy atom. The zero-order valence-electron chi connectivity index (χ0n) is 26.3. The van der Waals surface area contributed by atoms with Gasteiger partial charge in [0.05, 0.1) is 39.0 Å². The molecule has 0 heterocycles. The molecule has 43 heavy (non-hydrogen) atoms. The number of hydrogen-bond donors (Lipinski definition) is 0. The standard InChI is InChI=1S/C37H52O6/c1-30-9-13-32(14-10-30)33-15-19-37(20-16-33)43-42-29-31-11-17-34(18-12-31)39-26-5-3-4-6-27-40-35-21-23-36(24-22-35)41-28-8-7-25-38-2/h7-8,11-12,17-18,21-25,28,30,32-33,37H,3-6,9-10,13-16,19-20,26-27,29H2,1-2H3/b25-7+,28-8+. The average molecular weight is 593 g/mol. The first kappa shape index (κ1) is 32.9. The van der Waals surface area contributed by atoms with Crippen LogP contribution in [0.4, 0.5) is 0 Å². The van der Waals surface area contributed by atoms with Crippen molar-refractivity contribution < 1.29 is 28.7 Å². The van der Waals surface area contributed by atoms with Gasteiger partial charge >= 0.3 is 0 Å². The third kappa shape index (κ3) is 12.7. The topological polar surface area (TPSA) is 55.4 Å². The van der Waals surface area contributed by atoms with E-state index in [9.17, 15) is 0 Å². The Kier molecular flexibility index (Phi) is 14.8. The van der Waals surface area contributed by atoms with E-state index < -0.39 is 0 Å². The minimum absolute atomic E-state index is 0.247. The van der Waals surface area contributed by atoms with Crippen LogP contribution in [0.15, 0.2) is 73.2 Å². The van der Waals surface area contributed by atoms with Crippen LogP contribution >= 0.6 is 0 Å². The quantitative estimate of drug-likeness (QED) is 0.0565. The van der Waals surface area contributed by atoms with E-state index in [0.717, 1.165) is 85.7 Å². The lowest BCUT2D eigenvalue weighted by Crippen LogP contribution is -2.28. The first-order chi connectivity index (χ1) is 21.2. The van der Waals surface area contributed by atoms with Gasteiger partial charge in [0.1, 0.15) is 23.9 Å². The molecule has 0 radical (unpaired) electrons. The predicted octanol–water partition coefficient (Wildman–Crippen LogP) is 9.59. The molecule has 2 aliphatic carbocycles. The molecule has 236 valence electrons. The number of hydrogen-bond acceptors (Lipinski definition) is 6. The molecule has 0 saturated heterocycles. The van der Waals surface area contributed by atoms with Crippen molar-refractivity contribution in [2.75, 3.05) is 20.3 Å². The van der Waals surface area contributed by atoms with Crippen LogP contribution in [0.25, 0.3) is 0 Å². The van der Waals surface area contributed by atoms with Crippen molar-refractivity contribution in [2.24, 2.45) is 17.8 Å². The van der Waals surface area contributed by atoms with Crippen LogP contribution in [0, 0.1) is 17.8 Å². The van der Waals surface area contributed by atoms with Crippen molar-refractivity contribution in [3.63, 3.8) is 0 Å². The predicted molar refractivity (Wildman–Crippen MR) is 171 cm³/mol. The van der Waals surface area contributed by atoms with Crippen molar-refractivity contribution in [1.29, 1.82) is 0 Å². The number of ether oxygens (including phenoxy) is 4. The minimum atomic E-state index is 0.247. The van der Waals surface area contributed by atoms with Crippen molar-refractivity contribution in [2.45, 2.75) is 96.7 Å². The SMILES string of the molecule is CO/C=C/C=C/Oc1ccc(OCCCCCCOc2ccc(COOC3CCC(C4CCC(C)CC4)CC3)cc2)cc1. The number of unbranched alkanes of at least 4 members (excludes halogenated alkanes) is 3. The van der Waals surface area contributed by atoms with E-state index in [4.69, 9.17) is 28.7 Å². The molecule has 0 amide bonds. The fraction of sp³-hybridized carbons (Fsp3) is 0.568. The summed E-state index contributed by atoms with van der Waals surface area (Å²) >= 11 is 0. The summed E-state index contributed by atoms with van der Waals surface area (Å²) in [4.78, 5) is 11.4. The van der Waals surface area contributed by atoms with Gasteiger partial charge in [-0.3, -0.25) is 0 Å². The molecule has 0 atom stereocenters. The highest BCUT2D eigenvalue weighted by Crippen LogP contribution is 2.40. The second-order valence-electron chi connectivity index (χ2n) is 12.2. The number of benzene rings is 2. The molecule has 0 spiro atoms. The van der Waals surface area contributed by atoms with Gasteiger partial charge < -0.3 is 18.9 Å². The summed E-state index contributed by atoms with van der Waals surface area (Å²) in [5.74, 6) is 5.31. The zero-order chi connectivity index (χ0) is 30.0. The van der Waals surface area contributed by atoms with Gasteiger partial charge in [0, 0.05) is 0 Å². The Balaban J connectivity index is 0.976. The summed E-state index contributed by atoms with van der Waals surface area (Å²) < 4.78 is 22.1. The highest BCUT2D eigenvalue weighted by molar-refractivity contribution is 5.31. The maximum absolute atomic E-state index is 5.93. The summed E-state index contributed by atoms with van der Waals surface area (Å²) in [5.41, 5.74) is 1.10. The Bertz CT molecular complexity index is 1050. The fourth-order valence-corrected chi connectivity index (χ4v) is 6.13. The summed E-state index contributed by atoms with van der Waals surface area (Å²) in [6, 6.07) is 15.8. The van der Waals surface area contributed by atoms with E-state index in [1.54, 1.807) is 31.8 Å². The first-order valence-corrected chi connectivity index (χ1v) is 16.4. The van der Waals surface area contributed by atoms with E-state index >= 15 is 0 Å². The van der Waals surface area contributed by atoms with Gasteiger partial charge in [-0.25, -0.2) is 9.78 Å². The molecule has 2 aromatic rings. The van der Waals surface area contributed by atoms with E-state index in [2.05, 4.69) is 19.1 Å². The van der Waals surface area contributed by atoms with Crippen LogP contribution in [0.5, 0.6) is 17.2 Å². The van der Waals surface area contributed by atoms with Gasteiger partial charge in [-0.15, -0.1) is 0 Å². The van der Waals surface area contributed by atoms with Gasteiger partial charge in [-0.05, 0) is 136 Å². The average Bonchev–Trinajstić information content (AvgIpc) is 3.04. The van der Waals surface area contributed by atoms with Gasteiger partial charge in [0.25, 0.3) is 0 Å². The van der Waals surface area contributed by atoms with Crippen molar-refractivity contribution in [3.8, 4) is 17.2 Å². The van der Waals surface area contributed by atoms with E-state index in [0.29, 0.717) is 13.2 Å². The van der Waals surface area contributed by atoms with E-state index in [-0.39, 0.29) is 6.10 Å². The summed E-state index contributed by atoms with van der Waals surface area (Å²) in [5, 5.41) is 0. The molecule has 2 aromatic carbocycles. The third-order valence-electron chi connectivity index (χ3n) is 8.81. The highest BCUT2D eigenvalue weighted by atomic mass is 17.2. The summed E-state index contributed by atoms with van der Waals surface area (Å²) in [6.07, 6.45) is 21.8. The molecule has 0 N–H and O–H groups in total. The summed E-state index contributed by atoms with van der Waals surface area (Å²) in [7, 11) is 1.61. The molecule has 0 bridgehead atoms. The molecule has 2 fully saturated rings. The lowest BCUT2D eigenvalue weighted by atomic mass is 9.71. The number of methoxy groups -OCH3 is 1. The van der Waals surface area contributed by atoms with Crippen LogP contribution in [-0.2, 0) is 21.1 Å². The van der Waals surface area contributed by atoms with Crippen molar-refractivity contribution in [1.82, 2.24) is 0 Å². The van der Waals surface area contributed by atoms with Gasteiger partial charge in [-0.1, -0.05) is 31.9 Å². The normalized spacial score (nSPS) is 22.6. The second-order valence-corrected chi connectivity index (χ2v) is 12.2. The lowest BCUT2D eigenvalue weighted by Gasteiger charge is -2.36. The Labute approximate surface area is 259 Å². The zero-order valence-corrected chi connectivity index (χ0v) is 26.3. The molecule has 6 heteroatoms. The van der Waals surface area contributed by atoms with Gasteiger partial charge in [0.2, 0.25) is 0 Å². The molecule has 2 saturated carbocycles. The Morgan fingerprint density at radius 1 is 0.628 bits per heavy atom. The number of rotatable bonds is 18. The minimum Gasteiger partial charge on any atom is -0.504 e. The smallest absolute Gasteiger partial charge is 0.126 e. The van der Waals surface area contributed by atoms with Gasteiger partial charge in [-0.2, -0.15) is 0 Å². The van der Waals surface area contributed by atoms with Crippen LogP contribution in [-0.4, -0.2) is 26.4 Å². The summed E-state index contributed by atoms with van der Waals surface area (Å²) in [6.45, 7) is 4.31. The Morgan fingerprint density at radius 3 is 1.77 bits per heavy atom. The number of allylic oxidation sites excluding steroid dienone is 2. The monoisotopic (exact) mass is 592 g/mol. The Hall–Kier alpha value is -2.96. The van der Waals surface area contributed by atoms with Crippen LogP contribution in [0.2, 0.25) is 0 Å². The maximum Gasteiger partial charge on any atom is 0.126 e. The van der Waals surface area contributed by atoms with Crippen LogP contribution in [0.1, 0.15) is 89.5 Å². The molecule has 0 unspecified atom stereocenters. The van der Waals surface area contributed by atoms with Crippen molar-refractivity contribution >= 4 is 0 Å². The first-order valence-electron chi connectivity index (χ1n) is 16.4. The fourth-order valence-electron chi connectivity index (χ4n) is 6.13. The van der Waals surface area contributed by atoms with E-state index in [1.165, 1.54) is 38.5 Å². The second kappa shape index (κ2) is 19.3. The molecular weight excluding hydrogens is 540 g/mol. The molecular formula is C37H52O6. The van der Waals surface area contributed by atoms with Gasteiger partial charge in [0.15, 0.2) is 0 Å². The molecule has 0 aliphatic heterocycles. The van der Waals surface area contributed by atoms with Crippen molar-refractivity contribution in [3.05, 3.63) is 78.8 Å². The lowest BCUT2D eigenvalue weighted by molar-refractivity contribution is -0.338. The third-order valence-corrected chi connectivity index (χ3v) is 8.81. The molecule has 4 rings (SSSR count). The van der Waals surface area contributed by atoms with Crippen LogP contribution in [0.3, 0.4) is 0 Å².